The highest BCUT2D eigenvalue weighted by molar-refractivity contribution is 6.05. The Bertz CT molecular complexity index is 1040. The SMILES string of the molecule is CC(C)(C)Oc1ccc(NC(=O)c2cnc(N3CCCC3)c(-c3cncnc3)c2)cc1. The van der Waals surface area contributed by atoms with Gasteiger partial charge in [-0.2, -0.15) is 0 Å². The third kappa shape index (κ3) is 5.17. The van der Waals surface area contributed by atoms with E-state index in [1.807, 2.05) is 51.1 Å². The van der Waals surface area contributed by atoms with Crippen molar-refractivity contribution in [3.63, 3.8) is 0 Å². The van der Waals surface area contributed by atoms with Crippen LogP contribution in [0.2, 0.25) is 0 Å². The number of nitrogens with one attached hydrogen (secondary N) is 1. The predicted octanol–water partition coefficient (Wildman–Crippen LogP) is 4.57. The van der Waals surface area contributed by atoms with E-state index in [1.165, 1.54) is 6.33 Å². The summed E-state index contributed by atoms with van der Waals surface area (Å²) in [5.74, 6) is 1.41. The van der Waals surface area contributed by atoms with Crippen molar-refractivity contribution in [3.8, 4) is 16.9 Å². The summed E-state index contributed by atoms with van der Waals surface area (Å²) >= 11 is 0. The normalized spacial score (nSPS) is 13.8. The zero-order valence-corrected chi connectivity index (χ0v) is 18.1. The number of hydrogen-bond donors (Lipinski definition) is 1. The number of carbonyl (C=O) groups excluding carboxylic acids is 1. The number of anilines is 2. The molecule has 3 heterocycles. The molecule has 0 atom stereocenters. The Morgan fingerprint density at radius 3 is 2.35 bits per heavy atom. The van der Waals surface area contributed by atoms with Crippen molar-refractivity contribution >= 4 is 17.4 Å². The van der Waals surface area contributed by atoms with E-state index in [0.717, 1.165) is 48.6 Å². The Balaban J connectivity index is 1.57. The fraction of sp³-hybridized carbons (Fsp3) is 0.333. The molecule has 1 N–H and O–H groups in total. The van der Waals surface area contributed by atoms with Crippen LogP contribution in [0.15, 0.2) is 55.2 Å². The molecular weight excluding hydrogens is 390 g/mol. The lowest BCUT2D eigenvalue weighted by molar-refractivity contribution is 0.102. The average molecular weight is 418 g/mol. The van der Waals surface area contributed by atoms with Crippen molar-refractivity contribution in [1.29, 1.82) is 0 Å². The Labute approximate surface area is 182 Å². The van der Waals surface area contributed by atoms with Gasteiger partial charge in [0.25, 0.3) is 5.91 Å². The molecule has 1 amide bonds. The number of rotatable bonds is 5. The molecule has 4 rings (SSSR count). The van der Waals surface area contributed by atoms with Crippen molar-refractivity contribution in [2.75, 3.05) is 23.3 Å². The minimum absolute atomic E-state index is 0.219. The van der Waals surface area contributed by atoms with E-state index in [9.17, 15) is 4.79 Å². The molecule has 0 radical (unpaired) electrons. The van der Waals surface area contributed by atoms with Gasteiger partial charge in [0, 0.05) is 48.5 Å². The number of aromatic nitrogens is 3. The highest BCUT2D eigenvalue weighted by Gasteiger charge is 2.20. The van der Waals surface area contributed by atoms with E-state index < -0.39 is 0 Å². The third-order valence-corrected chi connectivity index (χ3v) is 4.94. The van der Waals surface area contributed by atoms with Gasteiger partial charge in [-0.1, -0.05) is 0 Å². The number of carbonyl (C=O) groups is 1. The molecule has 0 spiro atoms. The lowest BCUT2D eigenvalue weighted by atomic mass is 10.1. The van der Waals surface area contributed by atoms with Gasteiger partial charge in [0.05, 0.1) is 5.56 Å². The quantitative estimate of drug-likeness (QED) is 0.655. The minimum Gasteiger partial charge on any atom is -0.488 e. The van der Waals surface area contributed by atoms with Gasteiger partial charge >= 0.3 is 0 Å². The summed E-state index contributed by atoms with van der Waals surface area (Å²) in [7, 11) is 0. The monoisotopic (exact) mass is 417 g/mol. The van der Waals surface area contributed by atoms with Crippen LogP contribution in [0.1, 0.15) is 44.0 Å². The molecule has 3 aromatic rings. The molecule has 1 aliphatic heterocycles. The second-order valence-electron chi connectivity index (χ2n) is 8.61. The largest absolute Gasteiger partial charge is 0.488 e. The lowest BCUT2D eigenvalue weighted by Crippen LogP contribution is -2.22. The Hall–Kier alpha value is -3.48. The van der Waals surface area contributed by atoms with Crippen LogP contribution in [0, 0.1) is 0 Å². The van der Waals surface area contributed by atoms with Gasteiger partial charge in [-0.25, -0.2) is 15.0 Å². The number of benzene rings is 1. The first kappa shape index (κ1) is 20.8. The average Bonchev–Trinajstić information content (AvgIpc) is 3.29. The molecule has 2 aromatic heterocycles. The lowest BCUT2D eigenvalue weighted by Gasteiger charge is -2.21. The van der Waals surface area contributed by atoms with Gasteiger partial charge in [-0.3, -0.25) is 4.79 Å². The standard InChI is InChI=1S/C24H27N5O2/c1-24(2,3)31-20-8-6-19(7-9-20)28-23(30)17-12-21(18-13-25-16-26-14-18)22(27-15-17)29-10-4-5-11-29/h6-9,12-16H,4-5,10-11H2,1-3H3,(H,28,30). The second-order valence-corrected chi connectivity index (χ2v) is 8.61. The van der Waals surface area contributed by atoms with Crippen LogP contribution in [-0.2, 0) is 0 Å². The van der Waals surface area contributed by atoms with E-state index in [4.69, 9.17) is 4.74 Å². The van der Waals surface area contributed by atoms with Crippen molar-refractivity contribution < 1.29 is 9.53 Å². The fourth-order valence-corrected chi connectivity index (χ4v) is 3.58. The van der Waals surface area contributed by atoms with Crippen LogP contribution in [0.25, 0.3) is 11.1 Å². The first-order chi connectivity index (χ1) is 14.9. The van der Waals surface area contributed by atoms with Gasteiger partial charge in [0.15, 0.2) is 0 Å². The van der Waals surface area contributed by atoms with E-state index in [-0.39, 0.29) is 11.5 Å². The molecule has 1 aromatic carbocycles. The molecule has 1 aliphatic rings. The Morgan fingerprint density at radius 1 is 1.03 bits per heavy atom. The first-order valence-corrected chi connectivity index (χ1v) is 10.5. The van der Waals surface area contributed by atoms with Crippen LogP contribution in [0.3, 0.4) is 0 Å². The van der Waals surface area contributed by atoms with Gasteiger partial charge in [-0.15, -0.1) is 0 Å². The molecule has 1 fully saturated rings. The smallest absolute Gasteiger partial charge is 0.257 e. The topological polar surface area (TPSA) is 80.2 Å². The highest BCUT2D eigenvalue weighted by Crippen LogP contribution is 2.31. The summed E-state index contributed by atoms with van der Waals surface area (Å²) in [6.07, 6.45) is 8.91. The zero-order chi connectivity index (χ0) is 21.8. The zero-order valence-electron chi connectivity index (χ0n) is 18.1. The summed E-state index contributed by atoms with van der Waals surface area (Å²) in [6, 6.07) is 9.23. The third-order valence-electron chi connectivity index (χ3n) is 4.94. The Morgan fingerprint density at radius 2 is 1.71 bits per heavy atom. The summed E-state index contributed by atoms with van der Waals surface area (Å²) in [5.41, 5.74) is 2.61. The van der Waals surface area contributed by atoms with E-state index in [1.54, 1.807) is 18.6 Å². The van der Waals surface area contributed by atoms with Crippen molar-refractivity contribution in [2.24, 2.45) is 0 Å². The molecule has 0 bridgehead atoms. The maximum atomic E-state index is 12.9. The van der Waals surface area contributed by atoms with Crippen LogP contribution in [-0.4, -0.2) is 39.5 Å². The van der Waals surface area contributed by atoms with Crippen molar-refractivity contribution in [3.05, 3.63) is 60.8 Å². The van der Waals surface area contributed by atoms with Crippen molar-refractivity contribution in [1.82, 2.24) is 15.0 Å². The summed E-state index contributed by atoms with van der Waals surface area (Å²) in [5, 5.41) is 2.94. The summed E-state index contributed by atoms with van der Waals surface area (Å²) < 4.78 is 5.83. The van der Waals surface area contributed by atoms with Gasteiger partial charge < -0.3 is 15.0 Å². The van der Waals surface area contributed by atoms with Crippen LogP contribution in [0.4, 0.5) is 11.5 Å². The second kappa shape index (κ2) is 8.71. The molecule has 1 saturated heterocycles. The predicted molar refractivity (Wildman–Crippen MR) is 121 cm³/mol. The minimum atomic E-state index is -0.273. The molecule has 0 unspecified atom stereocenters. The van der Waals surface area contributed by atoms with Crippen molar-refractivity contribution in [2.45, 2.75) is 39.2 Å². The number of ether oxygens (including phenoxy) is 1. The Kier molecular flexibility index (Phi) is 5.84. The molecule has 31 heavy (non-hydrogen) atoms. The van der Waals surface area contributed by atoms with Gasteiger partial charge in [0.2, 0.25) is 0 Å². The number of pyridine rings is 1. The number of nitrogens with zero attached hydrogens (tertiary/aromatic N) is 4. The molecule has 7 nitrogen and oxygen atoms in total. The molecule has 0 saturated carbocycles. The number of amides is 1. The van der Waals surface area contributed by atoms with E-state index >= 15 is 0 Å². The molecule has 7 heteroatoms. The van der Waals surface area contributed by atoms with Crippen LogP contribution < -0.4 is 15.0 Å². The maximum absolute atomic E-state index is 12.9. The summed E-state index contributed by atoms with van der Waals surface area (Å²) in [6.45, 7) is 7.91. The van der Waals surface area contributed by atoms with Gasteiger partial charge in [0.1, 0.15) is 23.5 Å². The van der Waals surface area contributed by atoms with E-state index in [0.29, 0.717) is 11.3 Å². The summed E-state index contributed by atoms with van der Waals surface area (Å²) in [4.78, 5) is 28.1. The van der Waals surface area contributed by atoms with Crippen LogP contribution in [0.5, 0.6) is 5.75 Å². The fourth-order valence-electron chi connectivity index (χ4n) is 3.58. The van der Waals surface area contributed by atoms with E-state index in [2.05, 4.69) is 25.2 Å². The molecule has 0 aliphatic carbocycles. The molecule has 160 valence electrons. The highest BCUT2D eigenvalue weighted by atomic mass is 16.5. The first-order valence-electron chi connectivity index (χ1n) is 10.5. The maximum Gasteiger partial charge on any atom is 0.257 e. The number of hydrogen-bond acceptors (Lipinski definition) is 6. The van der Waals surface area contributed by atoms with Crippen LogP contribution >= 0.6 is 0 Å². The molecular formula is C24H27N5O2. The van der Waals surface area contributed by atoms with Gasteiger partial charge in [-0.05, 0) is 63.9 Å².